The summed E-state index contributed by atoms with van der Waals surface area (Å²) in [6.07, 6.45) is 23.4. The molecule has 0 aromatic carbocycles. The first-order valence-corrected chi connectivity index (χ1v) is 7.95. The van der Waals surface area contributed by atoms with Gasteiger partial charge in [0.05, 0.1) is 0 Å². The summed E-state index contributed by atoms with van der Waals surface area (Å²) in [5, 5.41) is 8.49. The van der Waals surface area contributed by atoms with Crippen molar-refractivity contribution in [1.82, 2.24) is 0 Å². The zero-order valence-electron chi connectivity index (χ0n) is 12.9. The van der Waals surface area contributed by atoms with Crippen molar-refractivity contribution in [1.29, 1.82) is 0 Å². The van der Waals surface area contributed by atoms with Gasteiger partial charge in [0.2, 0.25) is 0 Å². The molecule has 0 aliphatic rings. The molecule has 2 heteroatoms. The van der Waals surface area contributed by atoms with Gasteiger partial charge >= 0.3 is 5.97 Å². The van der Waals surface area contributed by atoms with Crippen LogP contribution in [-0.4, -0.2) is 11.1 Å². The van der Waals surface area contributed by atoms with Crippen LogP contribution in [-0.2, 0) is 4.79 Å². The molecule has 0 aromatic rings. The fourth-order valence-corrected chi connectivity index (χ4v) is 1.80. The van der Waals surface area contributed by atoms with E-state index in [-0.39, 0.29) is 0 Å². The largest absolute Gasteiger partial charge is 0.481 e. The van der Waals surface area contributed by atoms with E-state index in [0.29, 0.717) is 6.42 Å². The first-order valence-electron chi connectivity index (χ1n) is 7.95. The van der Waals surface area contributed by atoms with Crippen LogP contribution in [0.15, 0.2) is 36.5 Å². The average Bonchev–Trinajstić information content (AvgIpc) is 2.43. The second-order valence-electron chi connectivity index (χ2n) is 5.04. The van der Waals surface area contributed by atoms with Crippen molar-refractivity contribution in [3.63, 3.8) is 0 Å². The van der Waals surface area contributed by atoms with Gasteiger partial charge in [-0.2, -0.15) is 0 Å². The van der Waals surface area contributed by atoms with Gasteiger partial charge in [-0.15, -0.1) is 0 Å². The van der Waals surface area contributed by atoms with Crippen LogP contribution in [0.1, 0.15) is 71.1 Å². The maximum absolute atomic E-state index is 10.3. The molecule has 0 rings (SSSR count). The van der Waals surface area contributed by atoms with Gasteiger partial charge in [-0.3, -0.25) is 4.79 Å². The number of unbranched alkanes of at least 4 members (excludes halogenated alkanes) is 6. The van der Waals surface area contributed by atoms with Crippen LogP contribution in [0.25, 0.3) is 0 Å². The van der Waals surface area contributed by atoms with Crippen molar-refractivity contribution in [3.05, 3.63) is 36.5 Å². The quantitative estimate of drug-likeness (QED) is 0.268. The van der Waals surface area contributed by atoms with E-state index < -0.39 is 5.97 Å². The number of hydrogen-bond acceptors (Lipinski definition) is 1. The number of aliphatic carboxylic acids is 1. The lowest BCUT2D eigenvalue weighted by molar-refractivity contribution is -0.137. The first kappa shape index (κ1) is 18.7. The Morgan fingerprint density at radius 1 is 0.800 bits per heavy atom. The molecule has 0 spiro atoms. The zero-order valence-corrected chi connectivity index (χ0v) is 12.9. The predicted molar refractivity (Wildman–Crippen MR) is 86.9 cm³/mol. The highest BCUT2D eigenvalue weighted by Gasteiger charge is 1.94. The fraction of sp³-hybridized carbons (Fsp3) is 0.611. The van der Waals surface area contributed by atoms with Crippen LogP contribution in [0.5, 0.6) is 0 Å². The zero-order chi connectivity index (χ0) is 14.9. The summed E-state index contributed by atoms with van der Waals surface area (Å²) in [6, 6.07) is 0. The summed E-state index contributed by atoms with van der Waals surface area (Å²) in [7, 11) is 0. The van der Waals surface area contributed by atoms with Crippen LogP contribution >= 0.6 is 0 Å². The molecule has 20 heavy (non-hydrogen) atoms. The minimum atomic E-state index is -0.690. The lowest BCUT2D eigenvalue weighted by Crippen LogP contribution is -1.92. The molecule has 2 nitrogen and oxygen atoms in total. The minimum absolute atomic E-state index is 0.296. The molecule has 0 saturated carbocycles. The smallest absolute Gasteiger partial charge is 0.303 e. The summed E-state index contributed by atoms with van der Waals surface area (Å²) in [5.41, 5.74) is 0. The molecule has 0 saturated heterocycles. The van der Waals surface area contributed by atoms with E-state index >= 15 is 0 Å². The molecule has 0 aromatic heterocycles. The minimum Gasteiger partial charge on any atom is -0.481 e. The van der Waals surface area contributed by atoms with Crippen molar-refractivity contribution in [2.24, 2.45) is 0 Å². The highest BCUT2D eigenvalue weighted by atomic mass is 16.4. The van der Waals surface area contributed by atoms with Gasteiger partial charge in [-0.05, 0) is 44.9 Å². The number of rotatable bonds is 13. The molecule has 0 radical (unpaired) electrons. The number of hydrogen-bond donors (Lipinski definition) is 1. The summed E-state index contributed by atoms with van der Waals surface area (Å²) in [5.74, 6) is -0.690. The summed E-state index contributed by atoms with van der Waals surface area (Å²) in [4.78, 5) is 10.3. The van der Waals surface area contributed by atoms with Gasteiger partial charge in [0.15, 0.2) is 0 Å². The van der Waals surface area contributed by atoms with Crippen LogP contribution in [0.2, 0.25) is 0 Å². The van der Waals surface area contributed by atoms with Crippen molar-refractivity contribution < 1.29 is 9.90 Å². The topological polar surface area (TPSA) is 37.3 Å². The molecule has 0 bridgehead atoms. The molecule has 0 aliphatic heterocycles. The molecule has 114 valence electrons. The molecule has 0 aliphatic carbocycles. The Labute approximate surface area is 124 Å². The highest BCUT2D eigenvalue weighted by Crippen LogP contribution is 2.03. The van der Waals surface area contributed by atoms with E-state index in [0.717, 1.165) is 32.1 Å². The molecule has 0 fully saturated rings. The van der Waals surface area contributed by atoms with Gasteiger partial charge in [0, 0.05) is 6.42 Å². The number of carbonyl (C=O) groups is 1. The van der Waals surface area contributed by atoms with Gasteiger partial charge in [-0.1, -0.05) is 56.2 Å². The van der Waals surface area contributed by atoms with E-state index in [1.807, 2.05) is 0 Å². The monoisotopic (exact) mass is 278 g/mol. The van der Waals surface area contributed by atoms with Gasteiger partial charge in [-0.25, -0.2) is 0 Å². The van der Waals surface area contributed by atoms with E-state index in [9.17, 15) is 4.79 Å². The summed E-state index contributed by atoms with van der Waals surface area (Å²) < 4.78 is 0. The second-order valence-corrected chi connectivity index (χ2v) is 5.04. The number of carboxylic acids is 1. The van der Waals surface area contributed by atoms with Gasteiger partial charge in [0.25, 0.3) is 0 Å². The summed E-state index contributed by atoms with van der Waals surface area (Å²) >= 11 is 0. The van der Waals surface area contributed by atoms with Crippen LogP contribution in [0, 0.1) is 0 Å². The normalized spacial score (nSPS) is 12.1. The Hall–Kier alpha value is -1.31. The third-order valence-corrected chi connectivity index (χ3v) is 3.03. The van der Waals surface area contributed by atoms with Crippen LogP contribution in [0.3, 0.4) is 0 Å². The van der Waals surface area contributed by atoms with E-state index in [1.54, 1.807) is 0 Å². The molecular formula is C18H30O2. The van der Waals surface area contributed by atoms with Crippen LogP contribution < -0.4 is 0 Å². The Kier molecular flexibility index (Phi) is 14.7. The van der Waals surface area contributed by atoms with Crippen molar-refractivity contribution in [2.45, 2.75) is 71.1 Å². The predicted octanol–water partition coefficient (Wildman–Crippen LogP) is 5.66. The van der Waals surface area contributed by atoms with E-state index in [2.05, 4.69) is 43.4 Å². The summed E-state index contributed by atoms with van der Waals surface area (Å²) in [6.45, 7) is 2.21. The van der Waals surface area contributed by atoms with Gasteiger partial charge in [0.1, 0.15) is 0 Å². The number of allylic oxidation sites excluding steroid dienone is 6. The lowest BCUT2D eigenvalue weighted by Gasteiger charge is -1.93. The first-order chi connectivity index (χ1) is 9.77. The van der Waals surface area contributed by atoms with Gasteiger partial charge < -0.3 is 5.11 Å². The molecule has 0 amide bonds. The maximum atomic E-state index is 10.3. The molecule has 1 N–H and O–H groups in total. The van der Waals surface area contributed by atoms with E-state index in [4.69, 9.17) is 5.11 Å². The molecular weight excluding hydrogens is 248 g/mol. The second kappa shape index (κ2) is 15.7. The third kappa shape index (κ3) is 16.7. The standard InChI is InChI=1S/C18H30O2/c1-2-3-4-5-6-7-8-9-10-11-12-13-14-15-16-17-18(19)20/h5-8,12-13H,2-4,9-11,14-17H2,1H3,(H,19,20)/b6-5+,8-7+,13-12+. The molecule has 0 heterocycles. The highest BCUT2D eigenvalue weighted by molar-refractivity contribution is 5.66. The van der Waals surface area contributed by atoms with Crippen molar-refractivity contribution in [2.75, 3.05) is 0 Å². The Balaban J connectivity index is 3.28. The molecule has 0 atom stereocenters. The Morgan fingerprint density at radius 2 is 1.35 bits per heavy atom. The van der Waals surface area contributed by atoms with Crippen LogP contribution in [0.4, 0.5) is 0 Å². The van der Waals surface area contributed by atoms with Crippen molar-refractivity contribution in [3.8, 4) is 0 Å². The lowest BCUT2D eigenvalue weighted by atomic mass is 10.1. The Bertz CT molecular complexity index is 301. The van der Waals surface area contributed by atoms with E-state index in [1.165, 1.54) is 25.7 Å². The third-order valence-electron chi connectivity index (χ3n) is 3.03. The fourth-order valence-electron chi connectivity index (χ4n) is 1.80. The maximum Gasteiger partial charge on any atom is 0.303 e. The SMILES string of the molecule is CCCC/C=C/C=C/CCC/C=C/CCCCC(=O)O. The molecule has 0 unspecified atom stereocenters. The van der Waals surface area contributed by atoms with Crippen molar-refractivity contribution >= 4 is 5.97 Å². The average molecular weight is 278 g/mol. The number of carboxylic acid groups (broad SMARTS) is 1. The Morgan fingerprint density at radius 3 is 1.95 bits per heavy atom.